The second-order valence-corrected chi connectivity index (χ2v) is 5.88. The number of carbonyl (C=O) groups is 2. The maximum absolute atomic E-state index is 11.8. The predicted molar refractivity (Wildman–Crippen MR) is 106 cm³/mol. The van der Waals surface area contributed by atoms with Crippen LogP contribution in [-0.2, 0) is 4.74 Å². The standard InChI is InChI=1S/C20H29N3O3/c1-3-5-6-7-8-9-14-21-19(23-20(25)26-15-4-2)22-18-12-10-17(16-24)11-13-18/h4,10-13,16H,2-3,5-9,14-15H2,1H3,(H2,21,22,23,25). The van der Waals surface area contributed by atoms with Crippen molar-refractivity contribution in [2.24, 2.45) is 4.99 Å². The third kappa shape index (κ3) is 9.61. The van der Waals surface area contributed by atoms with Crippen LogP contribution in [0, 0.1) is 0 Å². The summed E-state index contributed by atoms with van der Waals surface area (Å²) in [6.07, 6.45) is 8.71. The molecule has 0 aliphatic heterocycles. The minimum Gasteiger partial charge on any atom is -0.445 e. The lowest BCUT2D eigenvalue weighted by molar-refractivity contribution is 0.112. The van der Waals surface area contributed by atoms with Crippen LogP contribution >= 0.6 is 0 Å². The maximum Gasteiger partial charge on any atom is 0.414 e. The molecule has 26 heavy (non-hydrogen) atoms. The van der Waals surface area contributed by atoms with Gasteiger partial charge in [-0.25, -0.2) is 4.79 Å². The Kier molecular flexibility index (Phi) is 11.2. The molecule has 1 rings (SSSR count). The second kappa shape index (κ2) is 13.6. The van der Waals surface area contributed by atoms with Crippen LogP contribution in [0.2, 0.25) is 0 Å². The van der Waals surface area contributed by atoms with Gasteiger partial charge in [0.1, 0.15) is 12.9 Å². The number of hydrogen-bond donors (Lipinski definition) is 2. The fourth-order valence-electron chi connectivity index (χ4n) is 2.24. The van der Waals surface area contributed by atoms with E-state index in [0.29, 0.717) is 18.1 Å². The Morgan fingerprint density at radius 2 is 1.85 bits per heavy atom. The zero-order chi connectivity index (χ0) is 19.0. The van der Waals surface area contributed by atoms with Gasteiger partial charge < -0.3 is 10.1 Å². The van der Waals surface area contributed by atoms with Gasteiger partial charge in [0.25, 0.3) is 0 Å². The van der Waals surface area contributed by atoms with Gasteiger partial charge in [0, 0.05) is 17.8 Å². The Morgan fingerprint density at radius 1 is 1.15 bits per heavy atom. The maximum atomic E-state index is 11.8. The quantitative estimate of drug-likeness (QED) is 0.200. The van der Waals surface area contributed by atoms with E-state index in [1.54, 1.807) is 24.3 Å². The molecule has 6 heteroatoms. The number of nitrogens with zero attached hydrogens (tertiary/aromatic N) is 1. The number of amides is 1. The summed E-state index contributed by atoms with van der Waals surface area (Å²) in [5, 5.41) is 5.65. The van der Waals surface area contributed by atoms with Crippen LogP contribution in [-0.4, -0.2) is 31.5 Å². The van der Waals surface area contributed by atoms with E-state index in [1.807, 2.05) is 0 Å². The van der Waals surface area contributed by atoms with Crippen LogP contribution in [0.3, 0.4) is 0 Å². The summed E-state index contributed by atoms with van der Waals surface area (Å²) < 4.78 is 4.93. The predicted octanol–water partition coefficient (Wildman–Crippen LogP) is 4.54. The molecule has 0 spiro atoms. The first kappa shape index (κ1) is 21.4. The lowest BCUT2D eigenvalue weighted by Crippen LogP contribution is -2.36. The van der Waals surface area contributed by atoms with Crippen LogP contribution in [0.25, 0.3) is 0 Å². The number of unbranched alkanes of at least 4 members (excludes halogenated alkanes) is 5. The molecular weight excluding hydrogens is 330 g/mol. The van der Waals surface area contributed by atoms with Gasteiger partial charge in [0.15, 0.2) is 0 Å². The molecule has 0 radical (unpaired) electrons. The molecule has 0 unspecified atom stereocenters. The fourth-order valence-corrected chi connectivity index (χ4v) is 2.24. The highest BCUT2D eigenvalue weighted by Gasteiger charge is 2.07. The zero-order valence-electron chi connectivity index (χ0n) is 15.5. The van der Waals surface area contributed by atoms with Crippen molar-refractivity contribution >= 4 is 24.0 Å². The second-order valence-electron chi connectivity index (χ2n) is 5.88. The number of carbonyl (C=O) groups excluding carboxylic acids is 2. The number of anilines is 1. The van der Waals surface area contributed by atoms with Gasteiger partial charge in [-0.1, -0.05) is 51.7 Å². The first-order valence-electron chi connectivity index (χ1n) is 9.11. The average molecular weight is 359 g/mol. The van der Waals surface area contributed by atoms with E-state index < -0.39 is 6.09 Å². The zero-order valence-corrected chi connectivity index (χ0v) is 15.5. The summed E-state index contributed by atoms with van der Waals surface area (Å²) in [6.45, 7) is 6.45. The topological polar surface area (TPSA) is 79.8 Å². The molecule has 0 atom stereocenters. The molecule has 0 saturated heterocycles. The van der Waals surface area contributed by atoms with E-state index in [0.717, 1.165) is 24.8 Å². The van der Waals surface area contributed by atoms with Crippen LogP contribution in [0.5, 0.6) is 0 Å². The highest BCUT2D eigenvalue weighted by molar-refractivity contribution is 6.02. The van der Waals surface area contributed by atoms with Gasteiger partial charge in [-0.3, -0.25) is 15.1 Å². The molecule has 0 aromatic heterocycles. The van der Waals surface area contributed by atoms with Crippen molar-refractivity contribution in [2.45, 2.75) is 45.4 Å². The number of nitrogens with one attached hydrogen (secondary N) is 2. The summed E-state index contributed by atoms with van der Waals surface area (Å²) in [6, 6.07) is 6.88. The highest BCUT2D eigenvalue weighted by Crippen LogP contribution is 2.09. The van der Waals surface area contributed by atoms with E-state index in [9.17, 15) is 9.59 Å². The Bertz CT molecular complexity index is 582. The largest absolute Gasteiger partial charge is 0.445 e. The van der Waals surface area contributed by atoms with Crippen LogP contribution in [0.15, 0.2) is 41.9 Å². The van der Waals surface area contributed by atoms with Crippen LogP contribution in [0.1, 0.15) is 55.8 Å². The van der Waals surface area contributed by atoms with Crippen molar-refractivity contribution in [3.8, 4) is 0 Å². The number of alkyl carbamates (subject to hydrolysis) is 1. The number of ether oxygens (including phenoxy) is 1. The number of aldehydes is 1. The Labute approximate surface area is 155 Å². The first-order chi connectivity index (χ1) is 12.7. The molecule has 1 aromatic rings. The fraction of sp³-hybridized carbons (Fsp3) is 0.450. The SMILES string of the molecule is C=CCOC(=O)N/C(=N\CCCCCCCC)Nc1ccc(C=O)cc1. The van der Waals surface area contributed by atoms with Crippen molar-refractivity contribution in [1.29, 1.82) is 0 Å². The molecular formula is C20H29N3O3. The molecule has 2 N–H and O–H groups in total. The third-order valence-corrected chi connectivity index (χ3v) is 3.64. The number of aliphatic imine (C=N–C) groups is 1. The molecule has 1 amide bonds. The minimum absolute atomic E-state index is 0.130. The highest BCUT2D eigenvalue weighted by atomic mass is 16.5. The monoisotopic (exact) mass is 359 g/mol. The summed E-state index contributed by atoms with van der Waals surface area (Å²) in [5.74, 6) is 0.325. The number of hydrogen-bond acceptors (Lipinski definition) is 4. The van der Waals surface area contributed by atoms with Crippen molar-refractivity contribution in [3.63, 3.8) is 0 Å². The normalized spacial score (nSPS) is 10.9. The van der Waals surface area contributed by atoms with Gasteiger partial charge in [-0.05, 0) is 30.7 Å². The summed E-state index contributed by atoms with van der Waals surface area (Å²) in [5.41, 5.74) is 1.31. The molecule has 0 bridgehead atoms. The molecule has 0 saturated carbocycles. The van der Waals surface area contributed by atoms with E-state index in [-0.39, 0.29) is 6.61 Å². The minimum atomic E-state index is -0.594. The smallest absolute Gasteiger partial charge is 0.414 e. The molecule has 142 valence electrons. The van der Waals surface area contributed by atoms with E-state index in [4.69, 9.17) is 4.74 Å². The summed E-state index contributed by atoms with van der Waals surface area (Å²) >= 11 is 0. The van der Waals surface area contributed by atoms with Gasteiger partial charge in [-0.15, -0.1) is 0 Å². The Morgan fingerprint density at radius 3 is 2.50 bits per heavy atom. The summed E-state index contributed by atoms with van der Waals surface area (Å²) in [7, 11) is 0. The number of rotatable bonds is 11. The first-order valence-corrected chi connectivity index (χ1v) is 9.11. The van der Waals surface area contributed by atoms with Gasteiger partial charge >= 0.3 is 6.09 Å². The Hall–Kier alpha value is -2.63. The lowest BCUT2D eigenvalue weighted by atomic mass is 10.1. The third-order valence-electron chi connectivity index (χ3n) is 3.64. The van der Waals surface area contributed by atoms with Crippen LogP contribution < -0.4 is 10.6 Å². The molecule has 1 aromatic carbocycles. The molecule has 0 fully saturated rings. The van der Waals surface area contributed by atoms with Crippen molar-refractivity contribution in [3.05, 3.63) is 42.5 Å². The van der Waals surface area contributed by atoms with Crippen LogP contribution in [0.4, 0.5) is 10.5 Å². The van der Waals surface area contributed by atoms with E-state index in [2.05, 4.69) is 29.1 Å². The van der Waals surface area contributed by atoms with Gasteiger partial charge in [0.2, 0.25) is 5.96 Å². The van der Waals surface area contributed by atoms with Gasteiger partial charge in [-0.2, -0.15) is 0 Å². The molecule has 6 nitrogen and oxygen atoms in total. The molecule has 0 aliphatic carbocycles. The lowest BCUT2D eigenvalue weighted by Gasteiger charge is -2.12. The average Bonchev–Trinajstić information content (AvgIpc) is 2.66. The van der Waals surface area contributed by atoms with E-state index in [1.165, 1.54) is 31.8 Å². The van der Waals surface area contributed by atoms with Gasteiger partial charge in [0.05, 0.1) is 0 Å². The van der Waals surface area contributed by atoms with Crippen molar-refractivity contribution in [1.82, 2.24) is 5.32 Å². The molecule has 0 heterocycles. The summed E-state index contributed by atoms with van der Waals surface area (Å²) in [4.78, 5) is 26.9. The molecule has 0 aliphatic rings. The van der Waals surface area contributed by atoms with E-state index >= 15 is 0 Å². The Balaban J connectivity index is 2.58. The number of benzene rings is 1. The number of guanidine groups is 1. The van der Waals surface area contributed by atoms with Crippen molar-refractivity contribution < 1.29 is 14.3 Å². The van der Waals surface area contributed by atoms with Crippen molar-refractivity contribution in [2.75, 3.05) is 18.5 Å².